The first kappa shape index (κ1) is 12.8. The molecule has 0 rings (SSSR count). The van der Waals surface area contributed by atoms with Crippen molar-refractivity contribution in [2.24, 2.45) is 0 Å². The molecule has 0 radical (unpaired) electrons. The van der Waals surface area contributed by atoms with E-state index in [0.29, 0.717) is 17.3 Å². The molecule has 0 aliphatic heterocycles. The van der Waals surface area contributed by atoms with Crippen LogP contribution in [0.4, 0.5) is 0 Å². The average Bonchev–Trinajstić information content (AvgIpc) is 2.05. The highest BCUT2D eigenvalue weighted by Gasteiger charge is 1.93. The molecule has 0 aromatic rings. The van der Waals surface area contributed by atoms with Crippen molar-refractivity contribution < 1.29 is 8.42 Å². The smallest absolute Gasteiger partial charge is 0.0452 e. The Bertz CT molecular complexity index is 222. The first-order valence-corrected chi connectivity index (χ1v) is 7.07. The Kier molecular flexibility index (Phi) is 8.24. The van der Waals surface area contributed by atoms with Gasteiger partial charge in [0, 0.05) is 38.9 Å². The number of hydrogen-bond acceptors (Lipinski definition) is 2. The van der Waals surface area contributed by atoms with Crippen LogP contribution in [-0.2, 0) is 21.6 Å². The maximum atomic E-state index is 11.1. The number of rotatable bonds is 7. The molecular formula is C9H16O2S2. The average molecular weight is 220 g/mol. The minimum absolute atomic E-state index is 0.474. The molecule has 0 heterocycles. The van der Waals surface area contributed by atoms with E-state index < -0.39 is 21.6 Å². The minimum atomic E-state index is -0.881. The molecule has 0 amide bonds. The van der Waals surface area contributed by atoms with Crippen molar-refractivity contribution in [2.45, 2.75) is 13.3 Å². The van der Waals surface area contributed by atoms with Gasteiger partial charge in [0.1, 0.15) is 0 Å². The Morgan fingerprint density at radius 1 is 1.31 bits per heavy atom. The van der Waals surface area contributed by atoms with Gasteiger partial charge in [-0.25, -0.2) is 0 Å². The van der Waals surface area contributed by atoms with E-state index in [1.54, 1.807) is 17.6 Å². The molecule has 0 saturated carbocycles. The Morgan fingerprint density at radius 3 is 2.54 bits per heavy atom. The van der Waals surface area contributed by atoms with Crippen LogP contribution >= 0.6 is 0 Å². The number of hydrogen-bond donors (Lipinski definition) is 0. The largest absolute Gasteiger partial charge is 0.259 e. The fourth-order valence-electron chi connectivity index (χ4n) is 0.723. The Labute approximate surface area is 85.0 Å². The van der Waals surface area contributed by atoms with Crippen LogP contribution < -0.4 is 0 Å². The van der Waals surface area contributed by atoms with E-state index in [1.165, 1.54) is 0 Å². The van der Waals surface area contributed by atoms with E-state index in [0.717, 1.165) is 6.42 Å². The molecular weight excluding hydrogens is 204 g/mol. The first-order chi connectivity index (χ1) is 6.20. The standard InChI is InChI=1S/C9H16O2S2/c1-3-6-12(10)8-5-9-13(11)7-4-2/h3,5,9H,1,4,6-8H2,2H3/b9-5+. The summed E-state index contributed by atoms with van der Waals surface area (Å²) in [6.45, 7) is 5.48. The van der Waals surface area contributed by atoms with Crippen molar-refractivity contribution in [1.29, 1.82) is 0 Å². The van der Waals surface area contributed by atoms with Crippen molar-refractivity contribution in [3.05, 3.63) is 24.1 Å². The van der Waals surface area contributed by atoms with Crippen LogP contribution in [-0.4, -0.2) is 25.7 Å². The lowest BCUT2D eigenvalue weighted by molar-refractivity contribution is 0.687. The predicted octanol–water partition coefficient (Wildman–Crippen LogP) is 1.59. The molecule has 0 aromatic heterocycles. The van der Waals surface area contributed by atoms with Gasteiger partial charge in [-0.15, -0.1) is 6.58 Å². The molecule has 2 atom stereocenters. The minimum Gasteiger partial charge on any atom is -0.259 e. The van der Waals surface area contributed by atoms with Crippen molar-refractivity contribution in [3.8, 4) is 0 Å². The Hall–Kier alpha value is -0.220. The normalized spacial score (nSPS) is 15.8. The summed E-state index contributed by atoms with van der Waals surface area (Å²) in [5.41, 5.74) is 0. The van der Waals surface area contributed by atoms with Gasteiger partial charge in [-0.3, -0.25) is 8.42 Å². The van der Waals surface area contributed by atoms with Crippen molar-refractivity contribution in [1.82, 2.24) is 0 Å². The highest BCUT2D eigenvalue weighted by Crippen LogP contribution is 1.91. The van der Waals surface area contributed by atoms with Gasteiger partial charge in [-0.2, -0.15) is 0 Å². The molecule has 0 aromatic carbocycles. The van der Waals surface area contributed by atoms with E-state index in [1.807, 2.05) is 6.92 Å². The van der Waals surface area contributed by atoms with Crippen LogP contribution in [0.25, 0.3) is 0 Å². The molecule has 2 nitrogen and oxygen atoms in total. The lowest BCUT2D eigenvalue weighted by atomic mass is 10.6. The lowest BCUT2D eigenvalue weighted by Crippen LogP contribution is -1.98. The van der Waals surface area contributed by atoms with Crippen molar-refractivity contribution in [3.63, 3.8) is 0 Å². The second kappa shape index (κ2) is 8.38. The molecule has 0 spiro atoms. The quantitative estimate of drug-likeness (QED) is 0.611. The highest BCUT2D eigenvalue weighted by atomic mass is 32.2. The van der Waals surface area contributed by atoms with Gasteiger partial charge < -0.3 is 0 Å². The predicted molar refractivity (Wildman–Crippen MR) is 60.5 cm³/mol. The maximum Gasteiger partial charge on any atom is 0.0452 e. The summed E-state index contributed by atoms with van der Waals surface area (Å²) in [5, 5.41) is 1.63. The molecule has 0 aliphatic carbocycles. The van der Waals surface area contributed by atoms with Crippen molar-refractivity contribution in [2.75, 3.05) is 17.3 Å². The zero-order valence-corrected chi connectivity index (χ0v) is 9.53. The Morgan fingerprint density at radius 2 is 2.00 bits per heavy atom. The molecule has 13 heavy (non-hydrogen) atoms. The van der Waals surface area contributed by atoms with Gasteiger partial charge in [0.2, 0.25) is 0 Å². The molecule has 0 fully saturated rings. The van der Waals surface area contributed by atoms with Crippen LogP contribution in [0.5, 0.6) is 0 Å². The second-order valence-corrected chi connectivity index (χ2v) is 5.51. The zero-order valence-electron chi connectivity index (χ0n) is 7.90. The summed E-state index contributed by atoms with van der Waals surface area (Å²) in [5.74, 6) is 1.66. The summed E-state index contributed by atoms with van der Waals surface area (Å²) in [4.78, 5) is 0. The van der Waals surface area contributed by atoms with Gasteiger partial charge in [0.05, 0.1) is 0 Å². The molecule has 0 bridgehead atoms. The van der Waals surface area contributed by atoms with Gasteiger partial charge in [0.15, 0.2) is 0 Å². The van der Waals surface area contributed by atoms with Crippen LogP contribution in [0.15, 0.2) is 24.1 Å². The second-order valence-electron chi connectivity index (χ2n) is 2.52. The summed E-state index contributed by atoms with van der Waals surface area (Å²) >= 11 is 0. The van der Waals surface area contributed by atoms with Crippen LogP contribution in [0.3, 0.4) is 0 Å². The van der Waals surface area contributed by atoms with Gasteiger partial charge in [0.25, 0.3) is 0 Å². The van der Waals surface area contributed by atoms with Crippen LogP contribution in [0.1, 0.15) is 13.3 Å². The van der Waals surface area contributed by atoms with Gasteiger partial charge >= 0.3 is 0 Å². The molecule has 0 saturated heterocycles. The van der Waals surface area contributed by atoms with E-state index in [2.05, 4.69) is 6.58 Å². The van der Waals surface area contributed by atoms with Gasteiger partial charge in [-0.1, -0.05) is 19.1 Å². The van der Waals surface area contributed by atoms with Crippen LogP contribution in [0.2, 0.25) is 0 Å². The Balaban J connectivity index is 3.67. The molecule has 76 valence electrons. The first-order valence-electron chi connectivity index (χ1n) is 4.20. The summed E-state index contributed by atoms with van der Waals surface area (Å²) in [6.07, 6.45) is 4.27. The van der Waals surface area contributed by atoms with E-state index in [-0.39, 0.29) is 0 Å². The molecule has 0 N–H and O–H groups in total. The topological polar surface area (TPSA) is 34.1 Å². The summed E-state index contributed by atoms with van der Waals surface area (Å²) < 4.78 is 22.2. The summed E-state index contributed by atoms with van der Waals surface area (Å²) in [6, 6.07) is 0. The van der Waals surface area contributed by atoms with E-state index >= 15 is 0 Å². The third kappa shape index (κ3) is 8.12. The fourth-order valence-corrected chi connectivity index (χ4v) is 2.40. The fraction of sp³-hybridized carbons (Fsp3) is 0.556. The maximum absolute atomic E-state index is 11.1. The molecule has 2 unspecified atom stereocenters. The third-order valence-corrected chi connectivity index (χ3v) is 3.72. The third-order valence-electron chi connectivity index (χ3n) is 1.24. The van der Waals surface area contributed by atoms with E-state index in [4.69, 9.17) is 0 Å². The van der Waals surface area contributed by atoms with Gasteiger partial charge in [-0.05, 0) is 11.8 Å². The summed E-state index contributed by atoms with van der Waals surface area (Å²) in [7, 11) is -1.76. The SMILES string of the molecule is C=CCS(=O)C/C=C/S(=O)CCC. The monoisotopic (exact) mass is 220 g/mol. The zero-order chi connectivity index (χ0) is 10.1. The lowest BCUT2D eigenvalue weighted by Gasteiger charge is -1.92. The van der Waals surface area contributed by atoms with Crippen LogP contribution in [0, 0.1) is 0 Å². The highest BCUT2D eigenvalue weighted by molar-refractivity contribution is 7.88. The van der Waals surface area contributed by atoms with E-state index in [9.17, 15) is 8.42 Å². The molecule has 0 aliphatic rings. The molecule has 4 heteroatoms. The van der Waals surface area contributed by atoms with Crippen molar-refractivity contribution >= 4 is 21.6 Å².